The summed E-state index contributed by atoms with van der Waals surface area (Å²) in [7, 11) is 0. The van der Waals surface area contributed by atoms with Crippen molar-refractivity contribution in [2.24, 2.45) is 0 Å². The second kappa shape index (κ2) is 7.86. The van der Waals surface area contributed by atoms with Gasteiger partial charge in [-0.05, 0) is 31.0 Å². The lowest BCUT2D eigenvalue weighted by Crippen LogP contribution is -2.40. The summed E-state index contributed by atoms with van der Waals surface area (Å²) < 4.78 is 6.03. The Morgan fingerprint density at radius 2 is 1.77 bits per heavy atom. The van der Waals surface area contributed by atoms with Crippen LogP contribution in [-0.2, 0) is 0 Å². The van der Waals surface area contributed by atoms with Gasteiger partial charge in [-0.2, -0.15) is 4.98 Å². The number of hydrogen-bond acceptors (Lipinski definition) is 7. The van der Waals surface area contributed by atoms with Crippen molar-refractivity contribution in [2.45, 2.75) is 37.9 Å². The quantitative estimate of drug-likeness (QED) is 0.897. The highest BCUT2D eigenvalue weighted by Crippen LogP contribution is 2.23. The molecule has 4 rings (SSSR count). The van der Waals surface area contributed by atoms with E-state index in [1.165, 1.54) is 0 Å². The monoisotopic (exact) mass is 355 g/mol. The molecule has 0 bridgehead atoms. The lowest BCUT2D eigenvalue weighted by Gasteiger charge is -2.34. The highest BCUT2D eigenvalue weighted by atomic mass is 16.5. The maximum absolute atomic E-state index is 9.90. The molecule has 2 aliphatic heterocycles. The molecular formula is C19H25N5O2. The van der Waals surface area contributed by atoms with Gasteiger partial charge in [0.25, 0.3) is 0 Å². The summed E-state index contributed by atoms with van der Waals surface area (Å²) in [6.45, 7) is 3.34. The van der Waals surface area contributed by atoms with E-state index in [1.807, 2.05) is 24.4 Å². The number of piperidine rings is 2. The summed E-state index contributed by atoms with van der Waals surface area (Å²) in [6, 6.07) is 5.72. The normalized spacial score (nSPS) is 21.7. The summed E-state index contributed by atoms with van der Waals surface area (Å²) in [5, 5.41) is 9.90. The Morgan fingerprint density at radius 1 is 0.962 bits per heavy atom. The summed E-state index contributed by atoms with van der Waals surface area (Å²) in [5.74, 6) is 2.55. The summed E-state index contributed by atoms with van der Waals surface area (Å²) >= 11 is 0. The van der Waals surface area contributed by atoms with Crippen LogP contribution in [0.4, 0.5) is 11.8 Å². The molecule has 7 heteroatoms. The predicted molar refractivity (Wildman–Crippen MR) is 99.6 cm³/mol. The molecule has 0 aliphatic carbocycles. The van der Waals surface area contributed by atoms with Crippen LogP contribution in [0.5, 0.6) is 5.75 Å². The van der Waals surface area contributed by atoms with Gasteiger partial charge in [-0.1, -0.05) is 0 Å². The molecule has 0 amide bonds. The Labute approximate surface area is 153 Å². The lowest BCUT2D eigenvalue weighted by atomic mass is 10.1. The molecule has 1 unspecified atom stereocenters. The van der Waals surface area contributed by atoms with E-state index in [2.05, 4.69) is 19.8 Å². The van der Waals surface area contributed by atoms with Crippen LogP contribution in [0.25, 0.3) is 0 Å². The number of pyridine rings is 1. The van der Waals surface area contributed by atoms with Gasteiger partial charge in [0, 0.05) is 57.6 Å². The number of aliphatic hydroxyl groups is 1. The second-order valence-electron chi connectivity index (χ2n) is 6.94. The molecule has 1 atom stereocenters. The third kappa shape index (κ3) is 4.04. The molecule has 4 heterocycles. The minimum Gasteiger partial charge on any atom is -0.490 e. The zero-order valence-corrected chi connectivity index (χ0v) is 14.9. The van der Waals surface area contributed by atoms with Crippen LogP contribution in [0.1, 0.15) is 25.7 Å². The van der Waals surface area contributed by atoms with Crippen molar-refractivity contribution < 1.29 is 9.84 Å². The van der Waals surface area contributed by atoms with Crippen LogP contribution in [0.3, 0.4) is 0 Å². The zero-order chi connectivity index (χ0) is 17.8. The average Bonchev–Trinajstić information content (AvgIpc) is 2.69. The molecule has 138 valence electrons. The molecule has 2 fully saturated rings. The van der Waals surface area contributed by atoms with Crippen LogP contribution in [-0.4, -0.2) is 58.4 Å². The van der Waals surface area contributed by atoms with E-state index in [0.717, 1.165) is 62.8 Å². The average molecular weight is 355 g/mol. The molecule has 0 aromatic carbocycles. The molecule has 0 saturated carbocycles. The molecular weight excluding hydrogens is 330 g/mol. The van der Waals surface area contributed by atoms with Crippen molar-refractivity contribution in [3.63, 3.8) is 0 Å². The van der Waals surface area contributed by atoms with Crippen molar-refractivity contribution in [3.8, 4) is 5.75 Å². The molecule has 1 N–H and O–H groups in total. The smallest absolute Gasteiger partial charge is 0.227 e. The van der Waals surface area contributed by atoms with E-state index in [0.29, 0.717) is 6.54 Å². The van der Waals surface area contributed by atoms with Crippen molar-refractivity contribution >= 4 is 11.8 Å². The van der Waals surface area contributed by atoms with Gasteiger partial charge in [-0.3, -0.25) is 4.98 Å². The zero-order valence-electron chi connectivity index (χ0n) is 14.9. The summed E-state index contributed by atoms with van der Waals surface area (Å²) in [6.07, 6.45) is 9.03. The third-order valence-corrected chi connectivity index (χ3v) is 5.03. The van der Waals surface area contributed by atoms with Crippen LogP contribution >= 0.6 is 0 Å². The molecule has 26 heavy (non-hydrogen) atoms. The van der Waals surface area contributed by atoms with Gasteiger partial charge in [-0.25, -0.2) is 4.98 Å². The Bertz CT molecular complexity index is 706. The van der Waals surface area contributed by atoms with Crippen LogP contribution < -0.4 is 14.5 Å². The van der Waals surface area contributed by atoms with Gasteiger partial charge < -0.3 is 19.6 Å². The molecule has 2 aromatic heterocycles. The summed E-state index contributed by atoms with van der Waals surface area (Å²) in [4.78, 5) is 17.6. The molecule has 2 aromatic rings. The van der Waals surface area contributed by atoms with E-state index in [4.69, 9.17) is 9.72 Å². The Balaban J connectivity index is 1.36. The number of anilines is 2. The Kier molecular flexibility index (Phi) is 5.15. The van der Waals surface area contributed by atoms with Gasteiger partial charge in [-0.15, -0.1) is 0 Å². The molecule has 0 spiro atoms. The van der Waals surface area contributed by atoms with Crippen LogP contribution in [0.15, 0.2) is 36.8 Å². The lowest BCUT2D eigenvalue weighted by molar-refractivity contribution is 0.154. The minimum absolute atomic E-state index is 0.217. The fraction of sp³-hybridized carbons (Fsp3) is 0.526. The first kappa shape index (κ1) is 17.0. The maximum Gasteiger partial charge on any atom is 0.227 e. The summed E-state index contributed by atoms with van der Waals surface area (Å²) in [5.41, 5.74) is 0. The first-order chi connectivity index (χ1) is 12.8. The topological polar surface area (TPSA) is 74.6 Å². The van der Waals surface area contributed by atoms with Gasteiger partial charge in [0.2, 0.25) is 5.95 Å². The molecule has 7 nitrogen and oxygen atoms in total. The van der Waals surface area contributed by atoms with Crippen molar-refractivity contribution in [1.29, 1.82) is 0 Å². The van der Waals surface area contributed by atoms with Gasteiger partial charge in [0.05, 0.1) is 6.10 Å². The van der Waals surface area contributed by atoms with E-state index >= 15 is 0 Å². The highest BCUT2D eigenvalue weighted by Gasteiger charge is 2.24. The van der Waals surface area contributed by atoms with E-state index in [9.17, 15) is 5.11 Å². The highest BCUT2D eigenvalue weighted by molar-refractivity contribution is 5.44. The van der Waals surface area contributed by atoms with Crippen LogP contribution in [0, 0.1) is 0 Å². The van der Waals surface area contributed by atoms with Crippen molar-refractivity contribution in [1.82, 2.24) is 15.0 Å². The van der Waals surface area contributed by atoms with Crippen LogP contribution in [0.2, 0.25) is 0 Å². The van der Waals surface area contributed by atoms with Gasteiger partial charge in [0.1, 0.15) is 17.7 Å². The number of β-amino-alcohol motifs (C(OH)–C–C–N with tert-alkyl or cyclic N) is 1. The fourth-order valence-electron chi connectivity index (χ4n) is 3.61. The third-order valence-electron chi connectivity index (χ3n) is 5.03. The van der Waals surface area contributed by atoms with Gasteiger partial charge in [0.15, 0.2) is 0 Å². The number of aliphatic hydroxyl groups excluding tert-OH is 1. The number of rotatable bonds is 4. The largest absolute Gasteiger partial charge is 0.490 e. The number of hydrogen-bond donors (Lipinski definition) is 1. The first-order valence-corrected chi connectivity index (χ1v) is 9.35. The first-order valence-electron chi connectivity index (χ1n) is 9.35. The number of ether oxygens (including phenoxy) is 1. The van der Waals surface area contributed by atoms with Crippen molar-refractivity contribution in [2.75, 3.05) is 36.0 Å². The molecule has 0 radical (unpaired) electrons. The maximum atomic E-state index is 9.90. The van der Waals surface area contributed by atoms with E-state index in [1.54, 1.807) is 12.4 Å². The number of aromatic nitrogens is 3. The fourth-order valence-corrected chi connectivity index (χ4v) is 3.61. The van der Waals surface area contributed by atoms with Crippen molar-refractivity contribution in [3.05, 3.63) is 36.8 Å². The van der Waals surface area contributed by atoms with Gasteiger partial charge >= 0.3 is 0 Å². The predicted octanol–water partition coefficient (Wildman–Crippen LogP) is 1.88. The van der Waals surface area contributed by atoms with E-state index < -0.39 is 0 Å². The van der Waals surface area contributed by atoms with E-state index in [-0.39, 0.29) is 12.2 Å². The molecule has 2 saturated heterocycles. The SMILES string of the molecule is OC1CCCN(c2ccnc(N3CCC(Oc4ccncc4)CC3)n2)C1. The molecule has 2 aliphatic rings. The standard InChI is InChI=1S/C19H25N5O2/c25-15-2-1-11-24(14-15)18-5-10-21-19(22-18)23-12-6-17(7-13-23)26-16-3-8-20-9-4-16/h3-5,8-10,15,17,25H,1-2,6-7,11-14H2. The number of nitrogens with zero attached hydrogens (tertiary/aromatic N) is 5. The minimum atomic E-state index is -0.261. The second-order valence-corrected chi connectivity index (χ2v) is 6.94. The Morgan fingerprint density at radius 3 is 2.54 bits per heavy atom. The Hall–Kier alpha value is -2.41.